The van der Waals surface area contributed by atoms with Gasteiger partial charge in [-0.25, -0.2) is 4.98 Å². The minimum atomic E-state index is -0.146. The van der Waals surface area contributed by atoms with Crippen LogP contribution in [0.5, 0.6) is 5.75 Å². The summed E-state index contributed by atoms with van der Waals surface area (Å²) in [6.45, 7) is 2.97. The Morgan fingerprint density at radius 2 is 1.81 bits per heavy atom. The number of carbonyl (C=O) groups is 1. The third-order valence-corrected chi connectivity index (χ3v) is 4.86. The molecule has 0 saturated carbocycles. The average molecular weight is 412 g/mol. The van der Waals surface area contributed by atoms with Gasteiger partial charge in [0.1, 0.15) is 18.6 Å². The maximum atomic E-state index is 12.5. The number of hydrogen-bond acceptors (Lipinski definition) is 4. The van der Waals surface area contributed by atoms with Crippen molar-refractivity contribution < 1.29 is 13.9 Å². The van der Waals surface area contributed by atoms with Gasteiger partial charge < -0.3 is 14.5 Å². The molecule has 4 rings (SSSR count). The van der Waals surface area contributed by atoms with E-state index >= 15 is 0 Å². The van der Waals surface area contributed by atoms with E-state index in [9.17, 15) is 4.79 Å². The van der Waals surface area contributed by atoms with Gasteiger partial charge in [-0.3, -0.25) is 4.79 Å². The molecule has 0 aliphatic rings. The molecule has 4 aromatic rings. The molecule has 1 N–H and O–H groups in total. The highest BCUT2D eigenvalue weighted by Crippen LogP contribution is 2.19. The molecule has 0 atom stereocenters. The van der Waals surface area contributed by atoms with Crippen molar-refractivity contribution in [3.63, 3.8) is 0 Å². The maximum Gasteiger partial charge on any atom is 0.251 e. The molecule has 31 heavy (non-hydrogen) atoms. The summed E-state index contributed by atoms with van der Waals surface area (Å²) in [4.78, 5) is 17.0. The van der Waals surface area contributed by atoms with E-state index in [0.29, 0.717) is 36.8 Å². The SMILES string of the molecule is Cc1ccc(-c2nc(CCNC(=O)c3cccc(OCc4ccccc4)c3)co2)cc1. The standard InChI is InChI=1S/C26H24N2O3/c1-19-10-12-21(13-11-19)26-28-23(18-31-26)14-15-27-25(29)22-8-5-9-24(16-22)30-17-20-6-3-2-4-7-20/h2-13,16,18H,14-15,17H2,1H3,(H,27,29). The molecule has 5 heteroatoms. The van der Waals surface area contributed by atoms with Gasteiger partial charge in [-0.2, -0.15) is 0 Å². The Morgan fingerprint density at radius 1 is 1.00 bits per heavy atom. The van der Waals surface area contributed by atoms with E-state index in [2.05, 4.69) is 10.3 Å². The van der Waals surface area contributed by atoms with Crippen molar-refractivity contribution in [1.82, 2.24) is 10.3 Å². The van der Waals surface area contributed by atoms with E-state index < -0.39 is 0 Å². The smallest absolute Gasteiger partial charge is 0.251 e. The molecule has 1 aromatic heterocycles. The maximum absolute atomic E-state index is 12.5. The molecule has 0 saturated heterocycles. The lowest BCUT2D eigenvalue weighted by Crippen LogP contribution is -2.25. The molecule has 156 valence electrons. The quantitative estimate of drug-likeness (QED) is 0.432. The second kappa shape index (κ2) is 9.76. The van der Waals surface area contributed by atoms with E-state index in [-0.39, 0.29) is 5.91 Å². The summed E-state index contributed by atoms with van der Waals surface area (Å²) in [6.07, 6.45) is 2.23. The van der Waals surface area contributed by atoms with E-state index in [4.69, 9.17) is 9.15 Å². The van der Waals surface area contributed by atoms with Crippen LogP contribution in [0.2, 0.25) is 0 Å². The fourth-order valence-corrected chi connectivity index (χ4v) is 3.12. The first kappa shape index (κ1) is 20.4. The molecule has 1 heterocycles. The molecular formula is C26H24N2O3. The minimum absolute atomic E-state index is 0.146. The summed E-state index contributed by atoms with van der Waals surface area (Å²) in [7, 11) is 0. The Balaban J connectivity index is 1.28. The van der Waals surface area contributed by atoms with Gasteiger partial charge in [-0.15, -0.1) is 0 Å². The van der Waals surface area contributed by atoms with Crippen molar-refractivity contribution in [2.45, 2.75) is 20.0 Å². The van der Waals surface area contributed by atoms with Gasteiger partial charge in [0.2, 0.25) is 5.89 Å². The molecule has 0 unspecified atom stereocenters. The number of oxazole rings is 1. The average Bonchev–Trinajstić information content (AvgIpc) is 3.28. The molecule has 5 nitrogen and oxygen atoms in total. The molecule has 0 spiro atoms. The van der Waals surface area contributed by atoms with Gasteiger partial charge in [0.15, 0.2) is 0 Å². The lowest BCUT2D eigenvalue weighted by atomic mass is 10.1. The lowest BCUT2D eigenvalue weighted by Gasteiger charge is -2.08. The van der Waals surface area contributed by atoms with Crippen LogP contribution in [0.15, 0.2) is 89.5 Å². The second-order valence-electron chi connectivity index (χ2n) is 7.32. The first-order valence-electron chi connectivity index (χ1n) is 10.2. The topological polar surface area (TPSA) is 64.4 Å². The third kappa shape index (κ3) is 5.60. The second-order valence-corrected chi connectivity index (χ2v) is 7.32. The van der Waals surface area contributed by atoms with Crippen molar-refractivity contribution in [2.75, 3.05) is 6.54 Å². The van der Waals surface area contributed by atoms with Crippen molar-refractivity contribution >= 4 is 5.91 Å². The van der Waals surface area contributed by atoms with Crippen LogP contribution < -0.4 is 10.1 Å². The molecule has 0 aliphatic carbocycles. The van der Waals surface area contributed by atoms with Gasteiger partial charge in [0.25, 0.3) is 5.91 Å². The van der Waals surface area contributed by atoms with Crippen LogP contribution in [-0.4, -0.2) is 17.4 Å². The molecule has 0 bridgehead atoms. The number of nitrogens with zero attached hydrogens (tertiary/aromatic N) is 1. The Morgan fingerprint density at radius 3 is 2.61 bits per heavy atom. The van der Waals surface area contributed by atoms with E-state index in [1.54, 1.807) is 18.4 Å². The Bertz CT molecular complexity index is 1130. The molecule has 0 fully saturated rings. The fourth-order valence-electron chi connectivity index (χ4n) is 3.12. The van der Waals surface area contributed by atoms with Crippen LogP contribution in [0.25, 0.3) is 11.5 Å². The molecule has 1 amide bonds. The Hall–Kier alpha value is -3.86. The summed E-state index contributed by atoms with van der Waals surface area (Å²) in [5, 5.41) is 2.93. The van der Waals surface area contributed by atoms with Gasteiger partial charge in [0, 0.05) is 24.1 Å². The number of nitrogens with one attached hydrogen (secondary N) is 1. The Labute approximate surface area is 181 Å². The van der Waals surface area contributed by atoms with Crippen LogP contribution in [0.4, 0.5) is 0 Å². The number of aryl methyl sites for hydroxylation is 1. The number of hydrogen-bond donors (Lipinski definition) is 1. The summed E-state index contributed by atoms with van der Waals surface area (Å²) in [5.41, 5.74) is 4.57. The van der Waals surface area contributed by atoms with Crippen molar-refractivity contribution in [1.29, 1.82) is 0 Å². The number of aromatic nitrogens is 1. The Kier molecular flexibility index (Phi) is 6.43. The zero-order chi connectivity index (χ0) is 21.5. The zero-order valence-electron chi connectivity index (χ0n) is 17.4. The van der Waals surface area contributed by atoms with Gasteiger partial charge >= 0.3 is 0 Å². The summed E-state index contributed by atoms with van der Waals surface area (Å²) >= 11 is 0. The monoisotopic (exact) mass is 412 g/mol. The van der Waals surface area contributed by atoms with Crippen molar-refractivity contribution in [3.05, 3.63) is 108 Å². The van der Waals surface area contributed by atoms with Crippen LogP contribution in [0.1, 0.15) is 27.2 Å². The first-order valence-corrected chi connectivity index (χ1v) is 10.2. The number of rotatable bonds is 8. The van der Waals surface area contributed by atoms with E-state index in [1.807, 2.05) is 73.7 Å². The van der Waals surface area contributed by atoms with Crippen LogP contribution in [-0.2, 0) is 13.0 Å². The fraction of sp³-hybridized carbons (Fsp3) is 0.154. The predicted octanol–water partition coefficient (Wildman–Crippen LogP) is 5.20. The molecule has 0 aliphatic heterocycles. The van der Waals surface area contributed by atoms with Crippen LogP contribution in [0.3, 0.4) is 0 Å². The highest BCUT2D eigenvalue weighted by atomic mass is 16.5. The van der Waals surface area contributed by atoms with E-state index in [1.165, 1.54) is 5.56 Å². The van der Waals surface area contributed by atoms with E-state index in [0.717, 1.165) is 16.8 Å². The van der Waals surface area contributed by atoms with Crippen LogP contribution >= 0.6 is 0 Å². The largest absolute Gasteiger partial charge is 0.489 e. The van der Waals surface area contributed by atoms with Crippen LogP contribution in [0, 0.1) is 6.92 Å². The minimum Gasteiger partial charge on any atom is -0.489 e. The summed E-state index contributed by atoms with van der Waals surface area (Å²) in [5.74, 6) is 1.10. The molecule has 0 radical (unpaired) electrons. The summed E-state index contributed by atoms with van der Waals surface area (Å²) < 4.78 is 11.4. The first-order chi connectivity index (χ1) is 15.2. The molecule has 3 aromatic carbocycles. The number of amides is 1. The highest BCUT2D eigenvalue weighted by molar-refractivity contribution is 5.94. The van der Waals surface area contributed by atoms with Crippen molar-refractivity contribution in [3.8, 4) is 17.2 Å². The number of benzene rings is 3. The van der Waals surface area contributed by atoms with Gasteiger partial charge in [0.05, 0.1) is 5.69 Å². The number of ether oxygens (including phenoxy) is 1. The van der Waals surface area contributed by atoms with Crippen molar-refractivity contribution in [2.24, 2.45) is 0 Å². The third-order valence-electron chi connectivity index (χ3n) is 4.86. The highest BCUT2D eigenvalue weighted by Gasteiger charge is 2.09. The normalized spacial score (nSPS) is 10.6. The predicted molar refractivity (Wildman–Crippen MR) is 120 cm³/mol. The van der Waals surface area contributed by atoms with Gasteiger partial charge in [-0.05, 0) is 42.8 Å². The molecular weight excluding hydrogens is 388 g/mol. The van der Waals surface area contributed by atoms with Gasteiger partial charge in [-0.1, -0.05) is 54.1 Å². The zero-order valence-corrected chi connectivity index (χ0v) is 17.4. The number of carbonyl (C=O) groups excluding carboxylic acids is 1. The summed E-state index contributed by atoms with van der Waals surface area (Å²) in [6, 6.07) is 25.1. The lowest BCUT2D eigenvalue weighted by molar-refractivity contribution is 0.0953.